The van der Waals surface area contributed by atoms with Gasteiger partial charge >= 0.3 is 6.18 Å². The SMILES string of the molecule is Cc1noc(-c2ccccc2S(N)(=O)=O)c1-c1ccc(C(F)(F)F)cc1. The number of alkyl halides is 3. The molecule has 1 heterocycles. The van der Waals surface area contributed by atoms with Crippen molar-refractivity contribution in [2.45, 2.75) is 18.0 Å². The predicted octanol–water partition coefficient (Wildman–Crippen LogP) is 3.98. The van der Waals surface area contributed by atoms with Crippen LogP contribution in [0.15, 0.2) is 57.9 Å². The third kappa shape index (κ3) is 3.35. The molecule has 0 amide bonds. The van der Waals surface area contributed by atoms with Crippen LogP contribution >= 0.6 is 0 Å². The molecule has 0 bridgehead atoms. The van der Waals surface area contributed by atoms with Gasteiger partial charge in [-0.25, -0.2) is 13.6 Å². The van der Waals surface area contributed by atoms with Crippen molar-refractivity contribution in [1.29, 1.82) is 0 Å². The molecular formula is C17H13F3N2O3S. The van der Waals surface area contributed by atoms with Gasteiger partial charge in [-0.05, 0) is 36.8 Å². The number of aromatic nitrogens is 1. The second kappa shape index (κ2) is 6.26. The van der Waals surface area contributed by atoms with E-state index in [0.717, 1.165) is 12.1 Å². The molecule has 0 radical (unpaired) electrons. The van der Waals surface area contributed by atoms with E-state index in [-0.39, 0.29) is 16.2 Å². The van der Waals surface area contributed by atoms with Gasteiger partial charge in [-0.1, -0.05) is 29.4 Å². The Labute approximate surface area is 147 Å². The van der Waals surface area contributed by atoms with Crippen LogP contribution in [0.25, 0.3) is 22.5 Å². The Hall–Kier alpha value is -2.65. The first-order chi connectivity index (χ1) is 12.1. The number of benzene rings is 2. The summed E-state index contributed by atoms with van der Waals surface area (Å²) < 4.78 is 67.2. The highest BCUT2D eigenvalue weighted by atomic mass is 32.2. The van der Waals surface area contributed by atoms with E-state index in [1.807, 2.05) is 0 Å². The maximum absolute atomic E-state index is 12.8. The fourth-order valence-corrected chi connectivity index (χ4v) is 3.36. The molecule has 0 atom stereocenters. The summed E-state index contributed by atoms with van der Waals surface area (Å²) in [6, 6.07) is 10.4. The molecular weight excluding hydrogens is 369 g/mol. The minimum atomic E-state index is -4.45. The smallest absolute Gasteiger partial charge is 0.355 e. The van der Waals surface area contributed by atoms with Gasteiger partial charge < -0.3 is 4.52 Å². The normalized spacial score (nSPS) is 12.3. The van der Waals surface area contributed by atoms with Gasteiger partial charge in [0.1, 0.15) is 0 Å². The minimum Gasteiger partial charge on any atom is -0.355 e. The number of hydrogen-bond acceptors (Lipinski definition) is 4. The summed E-state index contributed by atoms with van der Waals surface area (Å²) in [4.78, 5) is -0.163. The topological polar surface area (TPSA) is 86.2 Å². The van der Waals surface area contributed by atoms with Crippen LogP contribution in [0.1, 0.15) is 11.3 Å². The Morgan fingerprint density at radius 3 is 2.23 bits per heavy atom. The van der Waals surface area contributed by atoms with E-state index in [1.54, 1.807) is 13.0 Å². The van der Waals surface area contributed by atoms with Crippen LogP contribution in [0, 0.1) is 6.92 Å². The van der Waals surface area contributed by atoms with Gasteiger partial charge in [0.25, 0.3) is 0 Å². The standard InChI is InChI=1S/C17H13F3N2O3S/c1-10-15(11-6-8-12(9-7-11)17(18,19)20)16(25-22-10)13-4-2-3-5-14(13)26(21,23)24/h2-9H,1H3,(H2,21,23,24). The molecule has 26 heavy (non-hydrogen) atoms. The molecule has 2 N–H and O–H groups in total. The van der Waals surface area contributed by atoms with E-state index in [0.29, 0.717) is 16.8 Å². The van der Waals surface area contributed by atoms with Gasteiger partial charge in [0, 0.05) is 5.56 Å². The van der Waals surface area contributed by atoms with Crippen LogP contribution < -0.4 is 5.14 Å². The van der Waals surface area contributed by atoms with Crippen LogP contribution in [-0.2, 0) is 16.2 Å². The predicted molar refractivity (Wildman–Crippen MR) is 88.5 cm³/mol. The Bertz CT molecular complexity index is 1060. The van der Waals surface area contributed by atoms with Gasteiger partial charge in [0.2, 0.25) is 10.0 Å². The lowest BCUT2D eigenvalue weighted by atomic mass is 9.99. The first kappa shape index (κ1) is 18.2. The lowest BCUT2D eigenvalue weighted by Gasteiger charge is -2.09. The molecule has 0 aliphatic carbocycles. The molecule has 0 saturated carbocycles. The van der Waals surface area contributed by atoms with Gasteiger partial charge in [0.15, 0.2) is 5.76 Å². The highest BCUT2D eigenvalue weighted by molar-refractivity contribution is 7.89. The zero-order chi connectivity index (χ0) is 19.1. The molecule has 3 aromatic rings. The average molecular weight is 382 g/mol. The molecule has 0 saturated heterocycles. The van der Waals surface area contributed by atoms with Crippen molar-refractivity contribution >= 4 is 10.0 Å². The number of nitrogens with zero attached hydrogens (tertiary/aromatic N) is 1. The lowest BCUT2D eigenvalue weighted by molar-refractivity contribution is -0.137. The molecule has 0 spiro atoms. The second-order valence-corrected chi connectivity index (χ2v) is 7.12. The van der Waals surface area contributed by atoms with Crippen molar-refractivity contribution in [2.24, 2.45) is 5.14 Å². The van der Waals surface area contributed by atoms with Gasteiger partial charge in [0.05, 0.1) is 21.7 Å². The maximum atomic E-state index is 12.8. The number of aryl methyl sites for hydroxylation is 1. The highest BCUT2D eigenvalue weighted by Gasteiger charge is 2.30. The molecule has 0 aliphatic rings. The third-order valence-corrected chi connectivity index (χ3v) is 4.77. The number of primary sulfonamides is 1. The summed E-state index contributed by atoms with van der Waals surface area (Å²) in [5, 5.41) is 9.07. The van der Waals surface area contributed by atoms with Crippen molar-refractivity contribution in [1.82, 2.24) is 5.16 Å². The average Bonchev–Trinajstić information content (AvgIpc) is 2.95. The lowest BCUT2D eigenvalue weighted by Crippen LogP contribution is -2.13. The quantitative estimate of drug-likeness (QED) is 0.742. The van der Waals surface area contributed by atoms with Gasteiger partial charge in [-0.2, -0.15) is 13.2 Å². The number of nitrogens with two attached hydrogens (primary N) is 1. The van der Waals surface area contributed by atoms with Gasteiger partial charge in [-0.3, -0.25) is 0 Å². The van der Waals surface area contributed by atoms with Crippen LogP contribution in [-0.4, -0.2) is 13.6 Å². The summed E-state index contributed by atoms with van der Waals surface area (Å²) in [5.41, 5.74) is 0.613. The fraction of sp³-hybridized carbons (Fsp3) is 0.118. The molecule has 0 fully saturated rings. The van der Waals surface area contributed by atoms with E-state index < -0.39 is 21.8 Å². The Morgan fingerprint density at radius 1 is 1.04 bits per heavy atom. The summed E-state index contributed by atoms with van der Waals surface area (Å²) in [6.45, 7) is 1.61. The van der Waals surface area contributed by atoms with E-state index in [4.69, 9.17) is 9.66 Å². The van der Waals surface area contributed by atoms with E-state index in [9.17, 15) is 21.6 Å². The molecule has 3 rings (SSSR count). The van der Waals surface area contributed by atoms with Crippen molar-refractivity contribution in [3.05, 3.63) is 59.8 Å². The number of rotatable bonds is 3. The first-order valence-electron chi connectivity index (χ1n) is 7.35. The molecule has 0 unspecified atom stereocenters. The molecule has 5 nitrogen and oxygen atoms in total. The zero-order valence-corrected chi connectivity index (χ0v) is 14.2. The second-order valence-electron chi connectivity index (χ2n) is 5.59. The Morgan fingerprint density at radius 2 is 1.65 bits per heavy atom. The van der Waals surface area contributed by atoms with Crippen LogP contribution in [0.3, 0.4) is 0 Å². The molecule has 0 aliphatic heterocycles. The van der Waals surface area contributed by atoms with E-state index in [1.165, 1.54) is 30.3 Å². The molecule has 9 heteroatoms. The van der Waals surface area contributed by atoms with Crippen molar-refractivity contribution in [2.75, 3.05) is 0 Å². The molecule has 2 aromatic carbocycles. The Balaban J connectivity index is 2.18. The zero-order valence-electron chi connectivity index (χ0n) is 13.4. The summed E-state index contributed by atoms with van der Waals surface area (Å²) in [5.74, 6) is 0.117. The van der Waals surface area contributed by atoms with Crippen molar-refractivity contribution in [3.8, 4) is 22.5 Å². The monoisotopic (exact) mass is 382 g/mol. The fourth-order valence-electron chi connectivity index (χ4n) is 2.62. The maximum Gasteiger partial charge on any atom is 0.416 e. The summed E-state index contributed by atoms with van der Waals surface area (Å²) >= 11 is 0. The van der Waals surface area contributed by atoms with Gasteiger partial charge in [-0.15, -0.1) is 0 Å². The van der Waals surface area contributed by atoms with Crippen molar-refractivity contribution < 1.29 is 26.1 Å². The number of hydrogen-bond donors (Lipinski definition) is 1. The van der Waals surface area contributed by atoms with Crippen molar-refractivity contribution in [3.63, 3.8) is 0 Å². The van der Waals surface area contributed by atoms with E-state index in [2.05, 4.69) is 5.16 Å². The van der Waals surface area contributed by atoms with Crippen LogP contribution in [0.5, 0.6) is 0 Å². The molecule has 136 valence electrons. The largest absolute Gasteiger partial charge is 0.416 e. The number of sulfonamides is 1. The highest BCUT2D eigenvalue weighted by Crippen LogP contribution is 2.38. The van der Waals surface area contributed by atoms with E-state index >= 15 is 0 Å². The number of halogens is 3. The Kier molecular flexibility index (Phi) is 4.37. The van der Waals surface area contributed by atoms with Crippen LogP contribution in [0.2, 0.25) is 0 Å². The molecule has 1 aromatic heterocycles. The van der Waals surface area contributed by atoms with Crippen LogP contribution in [0.4, 0.5) is 13.2 Å². The third-order valence-electron chi connectivity index (χ3n) is 3.80. The summed E-state index contributed by atoms with van der Waals surface area (Å²) in [7, 11) is -4.03. The first-order valence-corrected chi connectivity index (χ1v) is 8.90. The minimum absolute atomic E-state index is 0.117. The summed E-state index contributed by atoms with van der Waals surface area (Å²) in [6.07, 6.45) is -4.45.